The molecule has 1 saturated carbocycles. The molecule has 1 fully saturated rings. The molecule has 0 radical (unpaired) electrons. The molecule has 0 heterocycles. The largest absolute Gasteiger partial charge is 0.481 e. The molecule has 1 rings (SSSR count). The average molecular weight is 321 g/mol. The summed E-state index contributed by atoms with van der Waals surface area (Å²) in [5, 5.41) is 9.15. The highest BCUT2D eigenvalue weighted by molar-refractivity contribution is 7.89. The van der Waals surface area contributed by atoms with E-state index in [0.717, 1.165) is 19.3 Å². The number of carboxylic acids is 1. The Bertz CT molecular complexity index is 440. The molecule has 0 aromatic carbocycles. The first-order valence-electron chi connectivity index (χ1n) is 7.50. The van der Waals surface area contributed by atoms with Gasteiger partial charge in [0, 0.05) is 12.6 Å². The maximum atomic E-state index is 12.5. The Hall–Kier alpha value is -0.660. The summed E-state index contributed by atoms with van der Waals surface area (Å²) in [4.78, 5) is 11.2. The molecule has 21 heavy (non-hydrogen) atoms. The molecule has 1 aliphatic carbocycles. The Morgan fingerprint density at radius 2 is 1.86 bits per heavy atom. The van der Waals surface area contributed by atoms with Crippen molar-refractivity contribution in [2.45, 2.75) is 64.0 Å². The maximum Gasteiger partial charge on any atom is 0.305 e. The van der Waals surface area contributed by atoms with Crippen LogP contribution in [0.4, 0.5) is 0 Å². The van der Waals surface area contributed by atoms with E-state index in [-0.39, 0.29) is 24.9 Å². The van der Waals surface area contributed by atoms with Crippen molar-refractivity contribution in [3.63, 3.8) is 0 Å². The van der Waals surface area contributed by atoms with Gasteiger partial charge in [-0.3, -0.25) is 4.79 Å². The van der Waals surface area contributed by atoms with Crippen LogP contribution in [0, 0.1) is 0 Å². The fourth-order valence-electron chi connectivity index (χ4n) is 2.92. The standard InChI is InChI=1S/C14H27NO5S/c1-12(2)20-9-10-21(18,19)15(3)14(11-13(16)17)7-5-4-6-8-14/h12H,4-11H2,1-3H3,(H,16,17). The lowest BCUT2D eigenvalue weighted by Crippen LogP contribution is -2.52. The molecule has 0 saturated heterocycles. The zero-order valence-electron chi connectivity index (χ0n) is 13.2. The fraction of sp³-hybridized carbons (Fsp3) is 0.929. The van der Waals surface area contributed by atoms with Gasteiger partial charge in [-0.2, -0.15) is 4.31 Å². The number of ether oxygens (including phenoxy) is 1. The van der Waals surface area contributed by atoms with Crippen LogP contribution >= 0.6 is 0 Å². The maximum absolute atomic E-state index is 12.5. The number of rotatable bonds is 8. The highest BCUT2D eigenvalue weighted by atomic mass is 32.2. The van der Waals surface area contributed by atoms with E-state index in [2.05, 4.69) is 0 Å². The molecule has 0 amide bonds. The lowest BCUT2D eigenvalue weighted by atomic mass is 9.79. The first-order valence-corrected chi connectivity index (χ1v) is 9.11. The third-order valence-corrected chi connectivity index (χ3v) is 6.05. The molecule has 124 valence electrons. The number of hydrogen-bond acceptors (Lipinski definition) is 4. The SMILES string of the molecule is CC(C)OCCS(=O)(=O)N(C)C1(CC(=O)O)CCCCC1. The Labute approximate surface area is 127 Å². The third-order valence-electron chi connectivity index (χ3n) is 4.14. The minimum absolute atomic E-state index is 0.0202. The van der Waals surface area contributed by atoms with Crippen molar-refractivity contribution in [1.82, 2.24) is 4.31 Å². The van der Waals surface area contributed by atoms with E-state index in [4.69, 9.17) is 9.84 Å². The normalized spacial score (nSPS) is 19.1. The van der Waals surface area contributed by atoms with Crippen LogP contribution in [0.25, 0.3) is 0 Å². The lowest BCUT2D eigenvalue weighted by molar-refractivity contribution is -0.140. The number of aliphatic carboxylic acids is 1. The Balaban J connectivity index is 2.83. The average Bonchev–Trinajstić information content (AvgIpc) is 2.37. The van der Waals surface area contributed by atoms with E-state index in [1.165, 1.54) is 11.4 Å². The topological polar surface area (TPSA) is 83.9 Å². The van der Waals surface area contributed by atoms with Crippen LogP contribution in [0.15, 0.2) is 0 Å². The third kappa shape index (κ3) is 5.23. The van der Waals surface area contributed by atoms with E-state index in [0.29, 0.717) is 12.8 Å². The van der Waals surface area contributed by atoms with Gasteiger partial charge in [0.2, 0.25) is 10.0 Å². The monoisotopic (exact) mass is 321 g/mol. The first kappa shape index (κ1) is 18.4. The zero-order chi connectivity index (χ0) is 16.1. The van der Waals surface area contributed by atoms with Crippen molar-refractivity contribution in [3.8, 4) is 0 Å². The minimum Gasteiger partial charge on any atom is -0.481 e. The highest BCUT2D eigenvalue weighted by Crippen LogP contribution is 2.37. The molecular formula is C14H27NO5S. The van der Waals surface area contributed by atoms with Gasteiger partial charge in [-0.1, -0.05) is 19.3 Å². The summed E-state index contributed by atoms with van der Waals surface area (Å²) < 4.78 is 31.5. The molecule has 0 atom stereocenters. The Morgan fingerprint density at radius 3 is 2.33 bits per heavy atom. The van der Waals surface area contributed by atoms with Crippen LogP contribution in [0.5, 0.6) is 0 Å². The van der Waals surface area contributed by atoms with Gasteiger partial charge in [0.05, 0.1) is 24.9 Å². The van der Waals surface area contributed by atoms with E-state index >= 15 is 0 Å². The summed E-state index contributed by atoms with van der Waals surface area (Å²) in [6.07, 6.45) is 3.85. The van der Waals surface area contributed by atoms with E-state index < -0.39 is 21.5 Å². The summed E-state index contributed by atoms with van der Waals surface area (Å²) in [5.74, 6) is -1.05. The lowest BCUT2D eigenvalue weighted by Gasteiger charge is -2.42. The molecule has 0 aromatic heterocycles. The van der Waals surface area contributed by atoms with Crippen LogP contribution in [0.3, 0.4) is 0 Å². The summed E-state index contributed by atoms with van der Waals surface area (Å²) >= 11 is 0. The number of hydrogen-bond donors (Lipinski definition) is 1. The van der Waals surface area contributed by atoms with E-state index in [1.54, 1.807) is 0 Å². The fourth-order valence-corrected chi connectivity index (χ4v) is 4.33. The van der Waals surface area contributed by atoms with Crippen molar-refractivity contribution in [2.75, 3.05) is 19.4 Å². The number of carbonyl (C=O) groups is 1. The van der Waals surface area contributed by atoms with Crippen molar-refractivity contribution in [2.24, 2.45) is 0 Å². The van der Waals surface area contributed by atoms with E-state index in [1.807, 2.05) is 13.8 Å². The molecule has 0 aliphatic heterocycles. The van der Waals surface area contributed by atoms with Gasteiger partial charge in [-0.25, -0.2) is 8.42 Å². The molecule has 1 N–H and O–H groups in total. The first-order chi connectivity index (χ1) is 9.69. The summed E-state index contributed by atoms with van der Waals surface area (Å²) in [5.41, 5.74) is -0.777. The van der Waals surface area contributed by atoms with Crippen molar-refractivity contribution < 1.29 is 23.1 Å². The van der Waals surface area contributed by atoms with Crippen LogP contribution in [-0.2, 0) is 19.6 Å². The number of nitrogens with zero attached hydrogens (tertiary/aromatic N) is 1. The van der Waals surface area contributed by atoms with Gasteiger partial charge in [0.25, 0.3) is 0 Å². The molecule has 7 heteroatoms. The molecule has 0 bridgehead atoms. The van der Waals surface area contributed by atoms with Crippen molar-refractivity contribution in [3.05, 3.63) is 0 Å². The van der Waals surface area contributed by atoms with Crippen molar-refractivity contribution >= 4 is 16.0 Å². The quantitative estimate of drug-likeness (QED) is 0.737. The molecule has 0 spiro atoms. The number of sulfonamides is 1. The van der Waals surface area contributed by atoms with Crippen LogP contribution in [0.2, 0.25) is 0 Å². The number of carboxylic acid groups (broad SMARTS) is 1. The molecule has 0 aromatic rings. The van der Waals surface area contributed by atoms with Gasteiger partial charge in [-0.05, 0) is 26.7 Å². The molecular weight excluding hydrogens is 294 g/mol. The second kappa shape index (κ2) is 7.56. The zero-order valence-corrected chi connectivity index (χ0v) is 14.0. The summed E-state index contributed by atoms with van der Waals surface area (Å²) in [6.45, 7) is 3.83. The second-order valence-electron chi connectivity index (χ2n) is 6.06. The predicted molar refractivity (Wildman–Crippen MR) is 80.7 cm³/mol. The van der Waals surface area contributed by atoms with Gasteiger partial charge in [0.15, 0.2) is 0 Å². The smallest absolute Gasteiger partial charge is 0.305 e. The van der Waals surface area contributed by atoms with Gasteiger partial charge in [0.1, 0.15) is 0 Å². The van der Waals surface area contributed by atoms with Crippen molar-refractivity contribution in [1.29, 1.82) is 0 Å². The Morgan fingerprint density at radius 1 is 1.29 bits per heavy atom. The van der Waals surface area contributed by atoms with Gasteiger partial charge in [-0.15, -0.1) is 0 Å². The molecule has 0 unspecified atom stereocenters. The van der Waals surface area contributed by atoms with Gasteiger partial charge < -0.3 is 9.84 Å². The predicted octanol–water partition coefficient (Wildman–Crippen LogP) is 1.85. The molecule has 6 nitrogen and oxygen atoms in total. The molecule has 1 aliphatic rings. The van der Waals surface area contributed by atoms with Gasteiger partial charge >= 0.3 is 5.97 Å². The highest BCUT2D eigenvalue weighted by Gasteiger charge is 2.43. The minimum atomic E-state index is -3.51. The summed E-state index contributed by atoms with van der Waals surface area (Å²) in [7, 11) is -2.00. The van der Waals surface area contributed by atoms with Crippen LogP contribution in [0.1, 0.15) is 52.4 Å². The summed E-state index contributed by atoms with van der Waals surface area (Å²) in [6, 6.07) is 0. The van der Waals surface area contributed by atoms with E-state index in [9.17, 15) is 13.2 Å². The Kier molecular flexibility index (Phi) is 6.62. The second-order valence-corrected chi connectivity index (χ2v) is 8.18. The van der Waals surface area contributed by atoms with Crippen LogP contribution < -0.4 is 0 Å². The van der Waals surface area contributed by atoms with Crippen LogP contribution in [-0.4, -0.2) is 54.8 Å².